The van der Waals surface area contributed by atoms with Crippen molar-refractivity contribution in [2.75, 3.05) is 26.2 Å². The first-order valence-electron chi connectivity index (χ1n) is 6.49. The average Bonchev–Trinajstić information content (AvgIpc) is 2.15. The van der Waals surface area contributed by atoms with Crippen molar-refractivity contribution in [1.29, 1.82) is 0 Å². The molecule has 1 aliphatic heterocycles. The smallest absolute Gasteiger partial charge is 0.308 e. The molecule has 0 spiro atoms. The molecule has 1 rings (SSSR count). The number of ether oxygens (including phenoxy) is 1. The number of esters is 1. The fourth-order valence-electron chi connectivity index (χ4n) is 2.48. The Hall–Kier alpha value is -0.610. The molecule has 100 valence electrons. The number of piperidine rings is 1. The van der Waals surface area contributed by atoms with E-state index >= 15 is 0 Å². The van der Waals surface area contributed by atoms with E-state index in [4.69, 9.17) is 4.74 Å². The SMILES string of the molecule is CCOC(=O)CC(O)CN1CCCC(C)(C)C1. The first-order chi connectivity index (χ1) is 7.93. The minimum atomic E-state index is -0.608. The van der Waals surface area contributed by atoms with Gasteiger partial charge in [-0.1, -0.05) is 13.8 Å². The first-order valence-corrected chi connectivity index (χ1v) is 6.49. The third-order valence-electron chi connectivity index (χ3n) is 3.16. The van der Waals surface area contributed by atoms with Crippen molar-refractivity contribution in [2.45, 2.75) is 46.1 Å². The molecule has 0 aromatic carbocycles. The quantitative estimate of drug-likeness (QED) is 0.742. The molecule has 4 heteroatoms. The number of hydrogen-bond acceptors (Lipinski definition) is 4. The van der Waals surface area contributed by atoms with Gasteiger partial charge in [-0.2, -0.15) is 0 Å². The third kappa shape index (κ3) is 5.50. The van der Waals surface area contributed by atoms with Crippen LogP contribution in [0.2, 0.25) is 0 Å². The minimum Gasteiger partial charge on any atom is -0.466 e. The van der Waals surface area contributed by atoms with Gasteiger partial charge in [0, 0.05) is 13.1 Å². The maximum Gasteiger partial charge on any atom is 0.308 e. The summed E-state index contributed by atoms with van der Waals surface area (Å²) in [5.41, 5.74) is 0.321. The number of aliphatic hydroxyl groups excluding tert-OH is 1. The van der Waals surface area contributed by atoms with Gasteiger partial charge in [0.1, 0.15) is 0 Å². The number of aliphatic hydroxyl groups is 1. The number of hydrogen-bond donors (Lipinski definition) is 1. The molecule has 4 nitrogen and oxygen atoms in total. The Morgan fingerprint density at radius 3 is 2.82 bits per heavy atom. The largest absolute Gasteiger partial charge is 0.466 e. The van der Waals surface area contributed by atoms with Gasteiger partial charge in [-0.25, -0.2) is 0 Å². The maximum atomic E-state index is 11.2. The molecule has 0 aromatic heterocycles. The zero-order chi connectivity index (χ0) is 12.9. The van der Waals surface area contributed by atoms with E-state index in [9.17, 15) is 9.90 Å². The first kappa shape index (κ1) is 14.5. The molecule has 1 fully saturated rings. The molecule has 0 amide bonds. The Morgan fingerprint density at radius 1 is 1.53 bits per heavy atom. The monoisotopic (exact) mass is 243 g/mol. The average molecular weight is 243 g/mol. The van der Waals surface area contributed by atoms with Gasteiger partial charge in [0.15, 0.2) is 0 Å². The molecular formula is C13H25NO3. The highest BCUT2D eigenvalue weighted by molar-refractivity contribution is 5.69. The van der Waals surface area contributed by atoms with Crippen LogP contribution in [0.5, 0.6) is 0 Å². The van der Waals surface area contributed by atoms with Crippen LogP contribution in [0.25, 0.3) is 0 Å². The minimum absolute atomic E-state index is 0.102. The summed E-state index contributed by atoms with van der Waals surface area (Å²) in [6.45, 7) is 9.23. The van der Waals surface area contributed by atoms with Crippen molar-refractivity contribution in [3.05, 3.63) is 0 Å². The summed E-state index contributed by atoms with van der Waals surface area (Å²) < 4.78 is 4.83. The lowest BCUT2D eigenvalue weighted by Gasteiger charge is -2.38. The summed E-state index contributed by atoms with van der Waals surface area (Å²) in [6.07, 6.45) is 1.89. The lowest BCUT2D eigenvalue weighted by atomic mass is 9.84. The van der Waals surface area contributed by atoms with Crippen molar-refractivity contribution in [3.63, 3.8) is 0 Å². The van der Waals surface area contributed by atoms with Gasteiger partial charge in [-0.05, 0) is 31.7 Å². The molecule has 0 aromatic rings. The molecule has 0 radical (unpaired) electrons. The van der Waals surface area contributed by atoms with Crippen LogP contribution in [-0.2, 0) is 9.53 Å². The normalized spacial score (nSPS) is 22.1. The second kappa shape index (κ2) is 6.36. The Labute approximate surface area is 104 Å². The zero-order valence-electron chi connectivity index (χ0n) is 11.2. The van der Waals surface area contributed by atoms with Crippen LogP contribution >= 0.6 is 0 Å². The van der Waals surface area contributed by atoms with Crippen molar-refractivity contribution < 1.29 is 14.6 Å². The third-order valence-corrected chi connectivity index (χ3v) is 3.16. The van der Waals surface area contributed by atoms with E-state index < -0.39 is 6.10 Å². The van der Waals surface area contributed by atoms with Crippen LogP contribution in [0, 0.1) is 5.41 Å². The molecule has 0 bridgehead atoms. The molecule has 1 saturated heterocycles. The molecule has 1 heterocycles. The van der Waals surface area contributed by atoms with Gasteiger partial charge in [0.05, 0.1) is 19.1 Å². The van der Waals surface area contributed by atoms with Crippen LogP contribution < -0.4 is 0 Å². The summed E-state index contributed by atoms with van der Waals surface area (Å²) in [5.74, 6) is -0.309. The second-order valence-corrected chi connectivity index (χ2v) is 5.67. The highest BCUT2D eigenvalue weighted by Crippen LogP contribution is 2.28. The highest BCUT2D eigenvalue weighted by Gasteiger charge is 2.27. The Balaban J connectivity index is 2.30. The Kier molecular flexibility index (Phi) is 5.40. The summed E-state index contributed by atoms with van der Waals surface area (Å²) in [5, 5.41) is 9.83. The number of likely N-dealkylation sites (tertiary alicyclic amines) is 1. The lowest BCUT2D eigenvalue weighted by molar-refractivity contribution is -0.145. The number of carbonyl (C=O) groups is 1. The molecule has 1 atom stereocenters. The van der Waals surface area contributed by atoms with Crippen molar-refractivity contribution >= 4 is 5.97 Å². The second-order valence-electron chi connectivity index (χ2n) is 5.67. The van der Waals surface area contributed by atoms with Gasteiger partial charge in [0.2, 0.25) is 0 Å². The predicted octanol–water partition coefficient (Wildman–Crippen LogP) is 1.42. The molecule has 17 heavy (non-hydrogen) atoms. The number of carbonyl (C=O) groups excluding carboxylic acids is 1. The molecule has 0 saturated carbocycles. The van der Waals surface area contributed by atoms with Crippen LogP contribution in [0.1, 0.15) is 40.0 Å². The van der Waals surface area contributed by atoms with Crippen LogP contribution in [0.15, 0.2) is 0 Å². The topological polar surface area (TPSA) is 49.8 Å². The fraction of sp³-hybridized carbons (Fsp3) is 0.923. The van der Waals surface area contributed by atoms with Crippen LogP contribution in [0.3, 0.4) is 0 Å². The van der Waals surface area contributed by atoms with Gasteiger partial charge in [-0.15, -0.1) is 0 Å². The Morgan fingerprint density at radius 2 is 2.24 bits per heavy atom. The highest BCUT2D eigenvalue weighted by atomic mass is 16.5. The summed E-state index contributed by atoms with van der Waals surface area (Å²) in [4.78, 5) is 13.5. The molecule has 1 N–H and O–H groups in total. The van der Waals surface area contributed by atoms with E-state index in [1.54, 1.807) is 6.92 Å². The predicted molar refractivity (Wildman–Crippen MR) is 66.7 cm³/mol. The van der Waals surface area contributed by atoms with E-state index in [0.29, 0.717) is 18.6 Å². The molecule has 0 aliphatic carbocycles. The van der Waals surface area contributed by atoms with Crippen molar-refractivity contribution in [1.82, 2.24) is 4.90 Å². The van der Waals surface area contributed by atoms with Gasteiger partial charge < -0.3 is 14.7 Å². The summed E-state index contributed by atoms with van der Waals surface area (Å²) in [6, 6.07) is 0. The van der Waals surface area contributed by atoms with Crippen LogP contribution in [-0.4, -0.2) is 48.3 Å². The summed E-state index contributed by atoms with van der Waals surface area (Å²) in [7, 11) is 0. The lowest BCUT2D eigenvalue weighted by Crippen LogP contribution is -2.44. The standard InChI is InChI=1S/C13H25NO3/c1-4-17-12(16)8-11(15)9-14-7-5-6-13(2,3)10-14/h11,15H,4-10H2,1-3H3. The van der Waals surface area contributed by atoms with E-state index in [1.165, 1.54) is 12.8 Å². The number of β-amino-alcohol motifs (C(OH)–C–C–N with tert-alkyl or cyclic N) is 1. The fourth-order valence-corrected chi connectivity index (χ4v) is 2.48. The van der Waals surface area contributed by atoms with Gasteiger partial charge in [-0.3, -0.25) is 4.79 Å². The van der Waals surface area contributed by atoms with E-state index in [-0.39, 0.29) is 12.4 Å². The molecule has 1 unspecified atom stereocenters. The molecule has 1 aliphatic rings. The van der Waals surface area contributed by atoms with E-state index in [0.717, 1.165) is 13.1 Å². The zero-order valence-corrected chi connectivity index (χ0v) is 11.2. The molecular weight excluding hydrogens is 218 g/mol. The van der Waals surface area contributed by atoms with Crippen molar-refractivity contribution in [3.8, 4) is 0 Å². The Bertz CT molecular complexity index is 253. The maximum absolute atomic E-state index is 11.2. The number of nitrogens with zero attached hydrogens (tertiary/aromatic N) is 1. The number of rotatable bonds is 5. The van der Waals surface area contributed by atoms with Crippen LogP contribution in [0.4, 0.5) is 0 Å². The van der Waals surface area contributed by atoms with Gasteiger partial charge in [0.25, 0.3) is 0 Å². The van der Waals surface area contributed by atoms with E-state index in [1.807, 2.05) is 0 Å². The summed E-state index contributed by atoms with van der Waals surface area (Å²) >= 11 is 0. The van der Waals surface area contributed by atoms with Gasteiger partial charge >= 0.3 is 5.97 Å². The van der Waals surface area contributed by atoms with Crippen molar-refractivity contribution in [2.24, 2.45) is 5.41 Å². The van der Waals surface area contributed by atoms with E-state index in [2.05, 4.69) is 18.7 Å².